The van der Waals surface area contributed by atoms with E-state index in [2.05, 4.69) is 0 Å². The van der Waals surface area contributed by atoms with Gasteiger partial charge in [0, 0.05) is 22.2 Å². The molecule has 5 nitrogen and oxygen atoms in total. The summed E-state index contributed by atoms with van der Waals surface area (Å²) in [5, 5.41) is 10.5. The summed E-state index contributed by atoms with van der Waals surface area (Å²) in [7, 11) is 3.01. The molecule has 0 bridgehead atoms. The normalized spacial score (nSPS) is 11.6. The first-order valence-electron chi connectivity index (χ1n) is 10.4. The van der Waals surface area contributed by atoms with Crippen LogP contribution in [0.25, 0.3) is 10.9 Å². The molecule has 0 unspecified atom stereocenters. The minimum atomic E-state index is -4.46. The Labute approximate surface area is 209 Å². The van der Waals surface area contributed by atoms with Crippen LogP contribution in [-0.4, -0.2) is 23.8 Å². The number of methoxy groups -OCH3 is 2. The fraction of sp³-hybridized carbons (Fsp3) is 0.200. The number of thioether (sulfide) groups is 1. The lowest BCUT2D eigenvalue weighted by molar-refractivity contribution is -0.137. The Morgan fingerprint density at radius 3 is 2.31 bits per heavy atom. The van der Waals surface area contributed by atoms with Crippen LogP contribution in [0.2, 0.25) is 5.02 Å². The number of nitrogens with zero attached hydrogens (tertiary/aromatic N) is 2. The predicted octanol–water partition coefficient (Wildman–Crippen LogP) is 6.55. The van der Waals surface area contributed by atoms with Crippen LogP contribution in [-0.2, 0) is 18.5 Å². The highest BCUT2D eigenvalue weighted by molar-refractivity contribution is 7.98. The Morgan fingerprint density at radius 2 is 1.66 bits per heavy atom. The van der Waals surface area contributed by atoms with Crippen molar-refractivity contribution in [2.24, 2.45) is 0 Å². The van der Waals surface area contributed by atoms with Gasteiger partial charge >= 0.3 is 6.18 Å². The molecule has 0 aliphatic heterocycles. The number of hydrogen-bond acceptors (Lipinski definition) is 5. The van der Waals surface area contributed by atoms with Crippen LogP contribution < -0.4 is 15.0 Å². The average Bonchev–Trinajstić information content (AvgIpc) is 2.84. The molecule has 10 heteroatoms. The fourth-order valence-corrected chi connectivity index (χ4v) is 4.66. The van der Waals surface area contributed by atoms with Crippen molar-refractivity contribution in [2.45, 2.75) is 23.6 Å². The first-order valence-corrected chi connectivity index (χ1v) is 11.8. The molecular weight excluding hydrogens is 499 g/mol. The van der Waals surface area contributed by atoms with Crippen molar-refractivity contribution in [3.05, 3.63) is 87.9 Å². The minimum Gasteiger partial charge on any atom is -0.493 e. The molecule has 4 aromatic rings. The van der Waals surface area contributed by atoms with Crippen molar-refractivity contribution in [2.75, 3.05) is 14.2 Å². The lowest BCUT2D eigenvalue weighted by Crippen LogP contribution is -2.24. The second kappa shape index (κ2) is 10.2. The van der Waals surface area contributed by atoms with E-state index in [-0.39, 0.29) is 12.0 Å². The van der Waals surface area contributed by atoms with E-state index in [1.54, 1.807) is 34.9 Å². The van der Waals surface area contributed by atoms with E-state index in [9.17, 15) is 13.2 Å². The van der Waals surface area contributed by atoms with Crippen LogP contribution in [0.3, 0.4) is 0 Å². The standard InChI is InChI=1S/C25H21ClF3N3O2S/c1-33-21-11-19-20(12-22(21)34-2)31-24(35-14-15-6-8-18(26)9-7-15)32(23(19)30)13-16-4-3-5-17(10-16)25(27,28)29/h3-12,30H,13-14H2,1-2H3. The van der Waals surface area contributed by atoms with Gasteiger partial charge in [-0.05, 0) is 41.5 Å². The number of rotatable bonds is 7. The largest absolute Gasteiger partial charge is 0.493 e. The first kappa shape index (κ1) is 24.9. The Morgan fingerprint density at radius 1 is 0.971 bits per heavy atom. The molecule has 35 heavy (non-hydrogen) atoms. The molecule has 0 fully saturated rings. The number of hydrogen-bond donors (Lipinski definition) is 1. The summed E-state index contributed by atoms with van der Waals surface area (Å²) in [6.45, 7) is 0.0446. The summed E-state index contributed by atoms with van der Waals surface area (Å²) in [4.78, 5) is 4.74. The summed E-state index contributed by atoms with van der Waals surface area (Å²) in [6, 6.07) is 15.8. The maximum Gasteiger partial charge on any atom is 0.416 e. The van der Waals surface area contributed by atoms with Gasteiger partial charge in [-0.3, -0.25) is 5.41 Å². The summed E-state index contributed by atoms with van der Waals surface area (Å²) in [5.74, 6) is 1.43. The number of fused-ring (bicyclic) bond motifs is 1. The lowest BCUT2D eigenvalue weighted by Gasteiger charge is -2.17. The number of alkyl halides is 3. The van der Waals surface area contributed by atoms with Gasteiger partial charge < -0.3 is 14.0 Å². The third-order valence-electron chi connectivity index (χ3n) is 5.35. The molecule has 1 N–H and O–H groups in total. The minimum absolute atomic E-state index is 0.0446. The van der Waals surface area contributed by atoms with Gasteiger partial charge in [-0.1, -0.05) is 47.6 Å². The van der Waals surface area contributed by atoms with Gasteiger partial charge in [-0.15, -0.1) is 0 Å². The zero-order chi connectivity index (χ0) is 25.2. The second-order valence-corrected chi connectivity index (χ2v) is 9.05. The summed E-state index contributed by atoms with van der Waals surface area (Å²) in [6.07, 6.45) is -4.46. The topological polar surface area (TPSA) is 60.1 Å². The van der Waals surface area contributed by atoms with Crippen LogP contribution in [0.4, 0.5) is 13.2 Å². The zero-order valence-corrected chi connectivity index (χ0v) is 20.4. The van der Waals surface area contributed by atoms with Gasteiger partial charge in [0.15, 0.2) is 16.7 Å². The number of aromatic nitrogens is 2. The monoisotopic (exact) mass is 519 g/mol. The first-order chi connectivity index (χ1) is 16.7. The highest BCUT2D eigenvalue weighted by Crippen LogP contribution is 2.33. The Bertz CT molecular complexity index is 1420. The van der Waals surface area contributed by atoms with E-state index < -0.39 is 11.7 Å². The molecule has 0 radical (unpaired) electrons. The van der Waals surface area contributed by atoms with Crippen molar-refractivity contribution < 1.29 is 22.6 Å². The maximum absolute atomic E-state index is 13.3. The van der Waals surface area contributed by atoms with Crippen LogP contribution in [0, 0.1) is 5.41 Å². The number of benzene rings is 3. The van der Waals surface area contributed by atoms with Crippen molar-refractivity contribution >= 4 is 34.3 Å². The molecule has 0 aliphatic carbocycles. The van der Waals surface area contributed by atoms with Crippen LogP contribution >= 0.6 is 23.4 Å². The summed E-state index contributed by atoms with van der Waals surface area (Å²) < 4.78 is 52.2. The number of ether oxygens (including phenoxy) is 2. The van der Waals surface area contributed by atoms with Crippen LogP contribution in [0.5, 0.6) is 11.5 Å². The SMILES string of the molecule is COc1cc2nc(SCc3ccc(Cl)cc3)n(Cc3cccc(C(F)(F)F)c3)c(=N)c2cc1OC. The fourth-order valence-electron chi connectivity index (χ4n) is 3.57. The molecule has 0 amide bonds. The van der Waals surface area contributed by atoms with Crippen molar-refractivity contribution in [1.82, 2.24) is 9.55 Å². The summed E-state index contributed by atoms with van der Waals surface area (Å²) >= 11 is 7.36. The smallest absolute Gasteiger partial charge is 0.416 e. The van der Waals surface area contributed by atoms with Crippen molar-refractivity contribution in [3.8, 4) is 11.5 Å². The molecular formula is C25H21ClF3N3O2S. The van der Waals surface area contributed by atoms with Gasteiger partial charge in [-0.2, -0.15) is 13.2 Å². The van der Waals surface area contributed by atoms with E-state index in [1.807, 2.05) is 12.1 Å². The van der Waals surface area contributed by atoms with E-state index in [4.69, 9.17) is 31.5 Å². The second-order valence-electron chi connectivity index (χ2n) is 7.67. The summed E-state index contributed by atoms with van der Waals surface area (Å²) in [5.41, 5.74) is 1.29. The van der Waals surface area contributed by atoms with Gasteiger partial charge in [0.05, 0.1) is 31.8 Å². The average molecular weight is 520 g/mol. The Kier molecular flexibility index (Phi) is 7.28. The molecule has 4 rings (SSSR count). The molecule has 1 heterocycles. The molecule has 0 atom stereocenters. The quantitative estimate of drug-likeness (QED) is 0.222. The number of halogens is 4. The van der Waals surface area contributed by atoms with E-state index >= 15 is 0 Å². The zero-order valence-electron chi connectivity index (χ0n) is 18.8. The van der Waals surface area contributed by atoms with E-state index in [0.717, 1.165) is 17.7 Å². The highest BCUT2D eigenvalue weighted by atomic mass is 35.5. The molecule has 1 aromatic heterocycles. The molecule has 0 aliphatic rings. The molecule has 3 aromatic carbocycles. The predicted molar refractivity (Wildman–Crippen MR) is 130 cm³/mol. The molecule has 0 saturated carbocycles. The van der Waals surface area contributed by atoms with Crippen molar-refractivity contribution in [1.29, 1.82) is 5.41 Å². The van der Waals surface area contributed by atoms with Crippen LogP contribution in [0.15, 0.2) is 65.8 Å². The highest BCUT2D eigenvalue weighted by Gasteiger charge is 2.30. The Balaban J connectivity index is 1.82. The van der Waals surface area contributed by atoms with Gasteiger partial charge in [0.25, 0.3) is 0 Å². The third-order valence-corrected chi connectivity index (χ3v) is 6.65. The molecule has 0 saturated heterocycles. The Hall–Kier alpha value is -3.17. The van der Waals surface area contributed by atoms with Gasteiger partial charge in [0.2, 0.25) is 0 Å². The van der Waals surface area contributed by atoms with Crippen LogP contribution in [0.1, 0.15) is 16.7 Å². The van der Waals surface area contributed by atoms with Gasteiger partial charge in [0.1, 0.15) is 5.49 Å². The van der Waals surface area contributed by atoms with E-state index in [1.165, 1.54) is 32.0 Å². The van der Waals surface area contributed by atoms with Gasteiger partial charge in [-0.25, -0.2) is 4.98 Å². The lowest BCUT2D eigenvalue weighted by atomic mass is 10.1. The maximum atomic E-state index is 13.3. The van der Waals surface area contributed by atoms with E-state index in [0.29, 0.717) is 43.9 Å². The number of nitrogens with one attached hydrogen (secondary N) is 1. The molecule has 182 valence electrons. The van der Waals surface area contributed by atoms with Crippen molar-refractivity contribution in [3.63, 3.8) is 0 Å². The third kappa shape index (κ3) is 5.57. The molecule has 0 spiro atoms.